The first kappa shape index (κ1) is 48.8. The molecule has 2 amide bonds. The largest absolute Gasteiger partial charge is 0.491 e. The molecule has 66 heavy (non-hydrogen) atoms. The molecule has 356 valence electrons. The van der Waals surface area contributed by atoms with Gasteiger partial charge in [-0.25, -0.2) is 4.98 Å². The lowest BCUT2D eigenvalue weighted by Gasteiger charge is -2.33. The van der Waals surface area contributed by atoms with Gasteiger partial charge in [0.15, 0.2) is 0 Å². The number of pyridine rings is 1. The van der Waals surface area contributed by atoms with Crippen molar-refractivity contribution in [3.8, 4) is 17.6 Å². The van der Waals surface area contributed by atoms with E-state index in [-0.39, 0.29) is 47.0 Å². The third-order valence-electron chi connectivity index (χ3n) is 12.4. The van der Waals surface area contributed by atoms with Crippen LogP contribution in [0, 0.1) is 36.5 Å². The van der Waals surface area contributed by atoms with Gasteiger partial charge in [-0.3, -0.25) is 18.9 Å². The summed E-state index contributed by atoms with van der Waals surface area (Å²) in [7, 11) is 1.99. The third kappa shape index (κ3) is 13.1. The van der Waals surface area contributed by atoms with Crippen LogP contribution in [-0.2, 0) is 36.5 Å². The summed E-state index contributed by atoms with van der Waals surface area (Å²) in [4.78, 5) is 34.3. The number of imidazole rings is 1. The first-order valence-corrected chi connectivity index (χ1v) is 22.4. The van der Waals surface area contributed by atoms with E-state index in [4.69, 9.17) is 23.7 Å². The lowest BCUT2D eigenvalue weighted by molar-refractivity contribution is -0.138. The lowest BCUT2D eigenvalue weighted by atomic mass is 9.84. The average Bonchev–Trinajstić information content (AvgIpc) is 4.00. The van der Waals surface area contributed by atoms with E-state index >= 15 is 0 Å². The quantitative estimate of drug-likeness (QED) is 0.0702. The fraction of sp³-hybridized carbons (Fsp3) is 0.521. The number of benzene rings is 2. The molecule has 3 fully saturated rings. The Labute approximate surface area is 382 Å². The van der Waals surface area contributed by atoms with Crippen molar-refractivity contribution in [3.63, 3.8) is 0 Å². The first-order valence-electron chi connectivity index (χ1n) is 22.4. The number of aliphatic hydroxyl groups is 2. The lowest BCUT2D eigenvalue weighted by Crippen LogP contribution is -2.44. The highest BCUT2D eigenvalue weighted by Gasteiger charge is 2.53. The Balaban J connectivity index is 0.765. The number of ether oxygens (including phenoxy) is 5. The number of halogens is 3. The van der Waals surface area contributed by atoms with Crippen molar-refractivity contribution < 1.29 is 56.7 Å². The number of piperazine rings is 1. The minimum absolute atomic E-state index is 0.00923. The number of nitrogens with one attached hydrogen (secondary N) is 2. The van der Waals surface area contributed by atoms with Crippen LogP contribution in [0.3, 0.4) is 0 Å². The predicted octanol–water partition coefficient (Wildman–Crippen LogP) is 4.00. The number of anilines is 1. The Morgan fingerprint density at radius 2 is 1.53 bits per heavy atom. The third-order valence-corrected chi connectivity index (χ3v) is 12.4. The zero-order chi connectivity index (χ0) is 46.6. The van der Waals surface area contributed by atoms with Gasteiger partial charge in [0.25, 0.3) is 5.91 Å². The smallest absolute Gasteiger partial charge is 0.416 e. The normalized spacial score (nSPS) is 20.9. The molecule has 0 radical (unpaired) electrons. The summed E-state index contributed by atoms with van der Waals surface area (Å²) in [6.07, 6.45) is -1.34. The number of fused-ring (bicyclic) bond motifs is 3. The zero-order valence-electron chi connectivity index (χ0n) is 37.4. The van der Waals surface area contributed by atoms with Gasteiger partial charge in [0.05, 0.1) is 76.8 Å². The monoisotopic (exact) mass is 920 g/mol. The van der Waals surface area contributed by atoms with E-state index in [1.807, 2.05) is 23.3 Å². The van der Waals surface area contributed by atoms with Crippen LogP contribution in [0.5, 0.6) is 5.75 Å². The molecule has 5 unspecified atom stereocenters. The SMILES string of the molecule is Cc1ccc(C(=O)Nc2ccc(CN3CCN(C)CC3)c(C(F)(F)F)c2)cc1C#Cc1cnc2cc(OCCOCCOCCOCCOCCNC(=O)C3CC4CC3C(O)C4O)ccn12. The van der Waals surface area contributed by atoms with Crippen molar-refractivity contribution in [1.29, 1.82) is 0 Å². The molecule has 2 aliphatic carbocycles. The van der Waals surface area contributed by atoms with E-state index in [1.165, 1.54) is 12.1 Å². The number of hydrogen-bond acceptors (Lipinski definition) is 12. The summed E-state index contributed by atoms with van der Waals surface area (Å²) < 4.78 is 72.3. The van der Waals surface area contributed by atoms with E-state index in [2.05, 4.69) is 32.4 Å². The second-order valence-electron chi connectivity index (χ2n) is 17.0. The zero-order valence-corrected chi connectivity index (χ0v) is 37.4. The molecule has 18 heteroatoms. The van der Waals surface area contributed by atoms with Crippen molar-refractivity contribution in [2.75, 3.05) is 105 Å². The van der Waals surface area contributed by atoms with Crippen LogP contribution in [0.15, 0.2) is 60.9 Å². The minimum Gasteiger partial charge on any atom is -0.491 e. The number of aliphatic hydroxyl groups excluding tert-OH is 2. The maximum Gasteiger partial charge on any atom is 0.416 e. The molecule has 15 nitrogen and oxygen atoms in total. The Morgan fingerprint density at radius 3 is 2.21 bits per heavy atom. The molecular weight excluding hydrogens is 862 g/mol. The van der Waals surface area contributed by atoms with Crippen LogP contribution < -0.4 is 15.4 Å². The van der Waals surface area contributed by atoms with Crippen molar-refractivity contribution in [3.05, 3.63) is 94.4 Å². The van der Waals surface area contributed by atoms with Crippen LogP contribution >= 0.6 is 0 Å². The second kappa shape index (κ2) is 23.1. The van der Waals surface area contributed by atoms with Gasteiger partial charge < -0.3 is 49.4 Å². The number of nitrogens with zero attached hydrogens (tertiary/aromatic N) is 4. The number of amides is 2. The fourth-order valence-corrected chi connectivity index (χ4v) is 8.64. The minimum atomic E-state index is -4.58. The summed E-state index contributed by atoms with van der Waals surface area (Å²) in [5, 5.41) is 25.5. The maximum absolute atomic E-state index is 14.1. The molecular formula is C48H59F3N6O9. The molecule has 3 heterocycles. The summed E-state index contributed by atoms with van der Waals surface area (Å²) in [5.41, 5.74) is 2.38. The van der Waals surface area contributed by atoms with E-state index in [9.17, 15) is 33.0 Å². The number of alkyl halides is 3. The molecule has 3 aliphatic rings. The highest BCUT2D eigenvalue weighted by atomic mass is 19.4. The number of aromatic nitrogens is 2. The van der Waals surface area contributed by atoms with Gasteiger partial charge in [-0.1, -0.05) is 18.1 Å². The fourth-order valence-electron chi connectivity index (χ4n) is 8.64. The van der Waals surface area contributed by atoms with Crippen molar-refractivity contribution >= 4 is 23.1 Å². The van der Waals surface area contributed by atoms with E-state index in [0.29, 0.717) is 115 Å². The Hall–Kier alpha value is -5.10. The molecule has 2 saturated carbocycles. The number of hydrogen-bond donors (Lipinski definition) is 4. The molecule has 0 spiro atoms. The molecule has 2 bridgehead atoms. The van der Waals surface area contributed by atoms with Crippen LogP contribution in [0.1, 0.15) is 51.1 Å². The predicted molar refractivity (Wildman–Crippen MR) is 238 cm³/mol. The Kier molecular flexibility index (Phi) is 17.1. The second-order valence-corrected chi connectivity index (χ2v) is 17.0. The van der Waals surface area contributed by atoms with Gasteiger partial charge >= 0.3 is 6.18 Å². The van der Waals surface area contributed by atoms with Crippen molar-refractivity contribution in [1.82, 2.24) is 24.5 Å². The van der Waals surface area contributed by atoms with Gasteiger partial charge in [0, 0.05) is 74.3 Å². The summed E-state index contributed by atoms with van der Waals surface area (Å²) in [6, 6.07) is 12.5. The standard InChI is InChI=1S/C48H59F3N6O9/c1-32-3-4-34(46(60)54-37-7-5-35(42(28-37)48(49,50)51)31-56-14-12-55(2)13-15-56)25-33(32)6-8-38-30-53-43-29-39(9-11-57(38)43)66-24-23-65-22-21-64-20-19-63-18-17-62-16-10-52-47(61)41-27-36-26-40(41)45(59)44(36)58/h3-5,7,9,11,25,28-30,36,40-41,44-45,58-59H,10,12-24,26-27,31H2,1-2H3,(H,52,61)(H,54,60). The van der Waals surface area contributed by atoms with Crippen molar-refractivity contribution in [2.24, 2.45) is 17.8 Å². The highest BCUT2D eigenvalue weighted by molar-refractivity contribution is 6.04. The Bertz CT molecular complexity index is 2320. The number of carbonyl (C=O) groups excluding carboxylic acids is 2. The van der Waals surface area contributed by atoms with Crippen LogP contribution in [0.2, 0.25) is 0 Å². The van der Waals surface area contributed by atoms with Crippen LogP contribution in [0.25, 0.3) is 5.65 Å². The number of aryl methyl sites for hydroxylation is 1. The number of rotatable bonds is 21. The Morgan fingerprint density at radius 1 is 0.833 bits per heavy atom. The maximum atomic E-state index is 14.1. The van der Waals surface area contributed by atoms with Gasteiger partial charge in [-0.2, -0.15) is 13.2 Å². The van der Waals surface area contributed by atoms with Crippen LogP contribution in [0.4, 0.5) is 18.9 Å². The number of carbonyl (C=O) groups is 2. The van der Waals surface area contributed by atoms with E-state index in [1.54, 1.807) is 42.7 Å². The summed E-state index contributed by atoms with van der Waals surface area (Å²) >= 11 is 0. The molecule has 5 atom stereocenters. The van der Waals surface area contributed by atoms with Crippen LogP contribution in [-0.4, -0.2) is 153 Å². The summed E-state index contributed by atoms with van der Waals surface area (Å²) in [6.45, 7) is 8.81. The van der Waals surface area contributed by atoms with Gasteiger partial charge in [0.2, 0.25) is 5.91 Å². The molecule has 2 aromatic carbocycles. The summed E-state index contributed by atoms with van der Waals surface area (Å²) in [5.74, 6) is 5.81. The molecule has 4 aromatic rings. The van der Waals surface area contributed by atoms with Gasteiger partial charge in [-0.05, 0) is 86.0 Å². The van der Waals surface area contributed by atoms with Gasteiger partial charge in [-0.15, -0.1) is 0 Å². The first-order chi connectivity index (χ1) is 31.8. The van der Waals surface area contributed by atoms with Gasteiger partial charge in [0.1, 0.15) is 23.7 Å². The van der Waals surface area contributed by atoms with Crippen molar-refractivity contribution in [2.45, 2.75) is 44.7 Å². The van der Waals surface area contributed by atoms with E-state index in [0.717, 1.165) is 24.7 Å². The highest BCUT2D eigenvalue weighted by Crippen LogP contribution is 2.48. The molecule has 1 saturated heterocycles. The molecule has 7 rings (SSSR count). The van der Waals surface area contributed by atoms with E-state index < -0.39 is 29.9 Å². The molecule has 1 aliphatic heterocycles. The average molecular weight is 921 g/mol. The molecule has 4 N–H and O–H groups in total. The topological polar surface area (TPSA) is 169 Å². The number of likely N-dealkylation sites (N-methyl/N-ethyl adjacent to an activating group) is 1. The molecule has 2 aromatic heterocycles.